The van der Waals surface area contributed by atoms with E-state index in [1.165, 1.54) is 11.7 Å². The molecule has 1 aromatic heterocycles. The molecule has 0 aromatic carbocycles. The lowest BCUT2D eigenvalue weighted by atomic mass is 10.1. The summed E-state index contributed by atoms with van der Waals surface area (Å²) in [5.41, 5.74) is -0.185. The van der Waals surface area contributed by atoms with Crippen LogP contribution in [0.25, 0.3) is 0 Å². The van der Waals surface area contributed by atoms with Gasteiger partial charge in [0.25, 0.3) is 0 Å². The Kier molecular flexibility index (Phi) is 2.87. The van der Waals surface area contributed by atoms with Crippen molar-refractivity contribution in [2.75, 3.05) is 0 Å². The first-order chi connectivity index (χ1) is 6.36. The number of aromatic nitrogens is 2. The maximum Gasteiger partial charge on any atom is 0.435 e. The number of halogens is 3. The SMILES string of the molecule is CCC(C)c1cc(C(F)(F)F)nn1C. The van der Waals surface area contributed by atoms with Crippen LogP contribution in [-0.4, -0.2) is 9.78 Å². The van der Waals surface area contributed by atoms with Crippen molar-refractivity contribution in [1.82, 2.24) is 9.78 Å². The Morgan fingerprint density at radius 1 is 1.50 bits per heavy atom. The number of aryl methyl sites for hydroxylation is 1. The molecule has 0 spiro atoms. The van der Waals surface area contributed by atoms with Crippen LogP contribution in [0.5, 0.6) is 0 Å². The molecule has 2 nitrogen and oxygen atoms in total. The molecule has 0 fully saturated rings. The van der Waals surface area contributed by atoms with Crippen molar-refractivity contribution in [3.8, 4) is 0 Å². The van der Waals surface area contributed by atoms with Gasteiger partial charge in [-0.2, -0.15) is 18.3 Å². The van der Waals surface area contributed by atoms with Gasteiger partial charge < -0.3 is 0 Å². The highest BCUT2D eigenvalue weighted by molar-refractivity contribution is 5.16. The predicted molar refractivity (Wildman–Crippen MR) is 46.9 cm³/mol. The van der Waals surface area contributed by atoms with Gasteiger partial charge in [0.2, 0.25) is 0 Å². The molecule has 1 unspecified atom stereocenters. The fourth-order valence-corrected chi connectivity index (χ4v) is 1.29. The lowest BCUT2D eigenvalue weighted by molar-refractivity contribution is -0.141. The molecule has 0 aliphatic heterocycles. The van der Waals surface area contributed by atoms with E-state index >= 15 is 0 Å². The highest BCUT2D eigenvalue weighted by Gasteiger charge is 2.34. The molecular formula is C9H13F3N2. The molecule has 0 radical (unpaired) electrons. The van der Waals surface area contributed by atoms with E-state index in [0.29, 0.717) is 5.69 Å². The molecule has 14 heavy (non-hydrogen) atoms. The summed E-state index contributed by atoms with van der Waals surface area (Å²) in [5.74, 6) is 0.101. The van der Waals surface area contributed by atoms with Gasteiger partial charge in [-0.15, -0.1) is 0 Å². The molecule has 0 amide bonds. The lowest BCUT2D eigenvalue weighted by Gasteiger charge is -2.07. The molecular weight excluding hydrogens is 193 g/mol. The smallest absolute Gasteiger partial charge is 0.272 e. The number of hydrogen-bond acceptors (Lipinski definition) is 1. The number of nitrogens with zero attached hydrogens (tertiary/aromatic N) is 2. The van der Waals surface area contributed by atoms with Crippen LogP contribution in [0.2, 0.25) is 0 Å². The largest absolute Gasteiger partial charge is 0.435 e. The van der Waals surface area contributed by atoms with Gasteiger partial charge in [-0.3, -0.25) is 4.68 Å². The van der Waals surface area contributed by atoms with E-state index in [-0.39, 0.29) is 5.92 Å². The van der Waals surface area contributed by atoms with Gasteiger partial charge >= 0.3 is 6.18 Å². The van der Waals surface area contributed by atoms with Crippen LogP contribution in [-0.2, 0) is 13.2 Å². The summed E-state index contributed by atoms with van der Waals surface area (Å²) in [5, 5.41) is 3.44. The first kappa shape index (κ1) is 11.1. The molecule has 0 saturated heterocycles. The molecule has 0 aliphatic rings. The topological polar surface area (TPSA) is 17.8 Å². The van der Waals surface area contributed by atoms with E-state index in [0.717, 1.165) is 12.5 Å². The summed E-state index contributed by atoms with van der Waals surface area (Å²) >= 11 is 0. The van der Waals surface area contributed by atoms with Crippen molar-refractivity contribution in [3.63, 3.8) is 0 Å². The Hall–Kier alpha value is -1.00. The summed E-state index contributed by atoms with van der Waals surface area (Å²) in [6.45, 7) is 3.82. The second kappa shape index (κ2) is 3.63. The minimum Gasteiger partial charge on any atom is -0.272 e. The highest BCUT2D eigenvalue weighted by atomic mass is 19.4. The number of alkyl halides is 3. The second-order valence-corrected chi connectivity index (χ2v) is 3.39. The molecule has 1 aromatic rings. The fourth-order valence-electron chi connectivity index (χ4n) is 1.29. The van der Waals surface area contributed by atoms with Crippen molar-refractivity contribution in [3.05, 3.63) is 17.5 Å². The van der Waals surface area contributed by atoms with Crippen LogP contribution in [0, 0.1) is 0 Å². The fraction of sp³-hybridized carbons (Fsp3) is 0.667. The molecule has 0 saturated carbocycles. The van der Waals surface area contributed by atoms with Crippen LogP contribution in [0.1, 0.15) is 37.6 Å². The summed E-state index contributed by atoms with van der Waals surface area (Å²) < 4.78 is 38.1. The van der Waals surface area contributed by atoms with E-state index in [9.17, 15) is 13.2 Å². The van der Waals surface area contributed by atoms with Crippen molar-refractivity contribution in [2.24, 2.45) is 7.05 Å². The molecule has 0 bridgehead atoms. The molecule has 1 rings (SSSR count). The molecule has 1 heterocycles. The maximum absolute atomic E-state index is 12.3. The first-order valence-corrected chi connectivity index (χ1v) is 4.47. The van der Waals surface area contributed by atoms with Crippen LogP contribution in [0.4, 0.5) is 13.2 Å². The molecule has 80 valence electrons. The standard InChI is InChI=1S/C9H13F3N2/c1-4-6(2)7-5-8(9(10,11)12)13-14(7)3/h5-6H,4H2,1-3H3. The normalized spacial score (nSPS) is 14.4. The number of rotatable bonds is 2. The zero-order chi connectivity index (χ0) is 10.9. The Morgan fingerprint density at radius 2 is 2.07 bits per heavy atom. The predicted octanol–water partition coefficient (Wildman–Crippen LogP) is 2.95. The van der Waals surface area contributed by atoms with E-state index in [4.69, 9.17) is 0 Å². The summed E-state index contributed by atoms with van der Waals surface area (Å²) in [4.78, 5) is 0. The minimum atomic E-state index is -4.34. The van der Waals surface area contributed by atoms with Crippen LogP contribution in [0.15, 0.2) is 6.07 Å². The highest BCUT2D eigenvalue weighted by Crippen LogP contribution is 2.30. The molecule has 0 aliphatic carbocycles. The van der Waals surface area contributed by atoms with E-state index in [1.807, 2.05) is 13.8 Å². The summed E-state index contributed by atoms with van der Waals surface area (Å²) in [6.07, 6.45) is -3.54. The first-order valence-electron chi connectivity index (χ1n) is 4.47. The van der Waals surface area contributed by atoms with Crippen LogP contribution < -0.4 is 0 Å². The Morgan fingerprint density at radius 3 is 2.43 bits per heavy atom. The van der Waals surface area contributed by atoms with Gasteiger partial charge in [0.1, 0.15) is 0 Å². The Labute approximate surface area is 80.7 Å². The molecule has 5 heteroatoms. The van der Waals surface area contributed by atoms with Crippen molar-refractivity contribution >= 4 is 0 Å². The van der Waals surface area contributed by atoms with Crippen LogP contribution in [0.3, 0.4) is 0 Å². The van der Waals surface area contributed by atoms with Crippen molar-refractivity contribution < 1.29 is 13.2 Å². The minimum absolute atomic E-state index is 0.101. The molecule has 0 N–H and O–H groups in total. The second-order valence-electron chi connectivity index (χ2n) is 3.39. The summed E-state index contributed by atoms with van der Waals surface area (Å²) in [6, 6.07) is 1.12. The van der Waals surface area contributed by atoms with Gasteiger partial charge in [0.15, 0.2) is 5.69 Å². The third-order valence-electron chi connectivity index (χ3n) is 2.32. The van der Waals surface area contributed by atoms with E-state index in [1.54, 1.807) is 0 Å². The monoisotopic (exact) mass is 206 g/mol. The average molecular weight is 206 g/mol. The van der Waals surface area contributed by atoms with Gasteiger partial charge in [-0.1, -0.05) is 13.8 Å². The Balaban J connectivity index is 3.05. The average Bonchev–Trinajstić information content (AvgIpc) is 2.45. The lowest BCUT2D eigenvalue weighted by Crippen LogP contribution is -2.06. The van der Waals surface area contributed by atoms with E-state index in [2.05, 4.69) is 5.10 Å². The Bertz CT molecular complexity index is 314. The van der Waals surface area contributed by atoms with Crippen molar-refractivity contribution in [1.29, 1.82) is 0 Å². The molecule has 1 atom stereocenters. The summed E-state index contributed by atoms with van der Waals surface area (Å²) in [7, 11) is 1.54. The maximum atomic E-state index is 12.3. The number of hydrogen-bond donors (Lipinski definition) is 0. The van der Waals surface area contributed by atoms with Gasteiger partial charge in [0, 0.05) is 12.7 Å². The zero-order valence-electron chi connectivity index (χ0n) is 8.39. The van der Waals surface area contributed by atoms with Gasteiger partial charge in [0.05, 0.1) is 0 Å². The zero-order valence-corrected chi connectivity index (χ0v) is 8.39. The van der Waals surface area contributed by atoms with Crippen LogP contribution >= 0.6 is 0 Å². The third-order valence-corrected chi connectivity index (χ3v) is 2.32. The quantitative estimate of drug-likeness (QED) is 0.727. The van der Waals surface area contributed by atoms with E-state index < -0.39 is 11.9 Å². The van der Waals surface area contributed by atoms with Gasteiger partial charge in [-0.25, -0.2) is 0 Å². The van der Waals surface area contributed by atoms with Crippen molar-refractivity contribution in [2.45, 2.75) is 32.4 Å². The third kappa shape index (κ3) is 2.08. The van der Waals surface area contributed by atoms with Gasteiger partial charge in [-0.05, 0) is 18.4 Å².